The Labute approximate surface area is 410 Å². The van der Waals surface area contributed by atoms with Gasteiger partial charge in [0, 0.05) is 74.9 Å². The third kappa shape index (κ3) is 6190. The molecule has 0 fully saturated rings. The van der Waals surface area contributed by atoms with Gasteiger partial charge in [0.05, 0.1) is 0 Å². The summed E-state index contributed by atoms with van der Waals surface area (Å²) in [7, 11) is 0. The molecule has 26 heteroatoms. The molecule has 0 aromatic carbocycles. The minimum Gasteiger partial charge on any atom is -0.550 e. The van der Waals surface area contributed by atoms with Crippen LogP contribution in [-0.2, 0) is 38.4 Å². The van der Waals surface area contributed by atoms with Crippen molar-refractivity contribution in [2.75, 3.05) is 26.2 Å². The summed E-state index contributed by atoms with van der Waals surface area (Å²) in [6, 6.07) is 0. The molecule has 0 saturated carbocycles. The molecule has 0 aromatic rings. The predicted molar refractivity (Wildman–Crippen MR) is 130 cm³/mol. The molecule has 46 heavy (non-hydrogen) atoms. The summed E-state index contributed by atoms with van der Waals surface area (Å²) >= 11 is 0. The number of rotatable bonds is 2. The van der Waals surface area contributed by atoms with Crippen molar-refractivity contribution in [3.05, 3.63) is 0 Å². The Kier molecular flexibility index (Phi) is 249. The molecule has 0 unspecified atom stereocenters. The third-order valence-electron chi connectivity index (χ3n) is 0.333. The van der Waals surface area contributed by atoms with Crippen LogP contribution in [0.25, 0.3) is 0 Å². The smallest absolute Gasteiger partial charge is 0.550 e. The second-order valence-electron chi connectivity index (χ2n) is 5.11. The molecule has 20 nitrogen and oxygen atoms in total. The van der Waals surface area contributed by atoms with Crippen LogP contribution < -0.4 is 206 Å². The maximum absolute atomic E-state index is 9.00. The molecule has 0 aromatic heterocycles. The number of aliphatic carboxylic acids is 8. The maximum atomic E-state index is 9.00. The largest absolute Gasteiger partial charge is 2.00 e. The van der Waals surface area contributed by atoms with E-state index < -0.39 is 47.8 Å². The molecule has 0 aliphatic heterocycles. The summed E-state index contributed by atoms with van der Waals surface area (Å²) < 4.78 is 0. The van der Waals surface area contributed by atoms with Gasteiger partial charge in [-0.3, -0.25) is 4.79 Å². The first-order valence-electron chi connectivity index (χ1n) is 9.92. The zero-order valence-corrected chi connectivity index (χ0v) is 41.6. The van der Waals surface area contributed by atoms with Gasteiger partial charge in [-0.1, -0.05) is 0 Å². The summed E-state index contributed by atoms with van der Waals surface area (Å²) in [5, 5.41) is 69.6. The van der Waals surface area contributed by atoms with Crippen molar-refractivity contribution in [1.82, 2.24) is 0 Å². The Morgan fingerprint density at radius 1 is 0.370 bits per heavy atom. The Hall–Kier alpha value is 1.86. The number of carbonyl (C=O) groups is 8. The van der Waals surface area contributed by atoms with Gasteiger partial charge in [0.15, 0.2) is 0 Å². The van der Waals surface area contributed by atoms with E-state index in [1.165, 1.54) is 0 Å². The van der Waals surface area contributed by atoms with E-state index in [4.69, 9.17) is 102 Å². The van der Waals surface area contributed by atoms with E-state index in [1.807, 2.05) is 0 Å². The molecule has 9 N–H and O–H groups in total. The minimum atomic E-state index is -1.08. The van der Waals surface area contributed by atoms with Gasteiger partial charge in [0.25, 0.3) is 5.97 Å². The number of carbonyl (C=O) groups excluding carboxylic acids is 7. The molecule has 0 heterocycles. The fourth-order valence-electron chi connectivity index (χ4n) is 0. The fraction of sp³-hybridized carbons (Fsp3) is 0.600. The number of nitrogens with two attached hydrogens (primary N) is 4. The van der Waals surface area contributed by atoms with Crippen LogP contribution in [0.15, 0.2) is 0 Å². The molecule has 0 rings (SSSR count). The Morgan fingerprint density at radius 2 is 0.391 bits per heavy atom. The quantitative estimate of drug-likeness (QED) is 0.164. The molecule has 0 aliphatic carbocycles. The van der Waals surface area contributed by atoms with E-state index in [1.54, 1.807) is 0 Å². The zero-order valence-electron chi connectivity index (χ0n) is 29.4. The van der Waals surface area contributed by atoms with Gasteiger partial charge < -0.3 is 97.3 Å². The van der Waals surface area contributed by atoms with Crippen LogP contribution in [0.4, 0.5) is 0 Å². The van der Waals surface area contributed by atoms with Crippen LogP contribution in [0, 0.1) is 0 Å². The van der Waals surface area contributed by atoms with Crippen molar-refractivity contribution in [3.63, 3.8) is 0 Å². The second-order valence-corrected chi connectivity index (χ2v) is 5.11. The normalized spacial score (nSPS) is 5.65. The molecule has 0 saturated heterocycles. The van der Waals surface area contributed by atoms with Crippen molar-refractivity contribution < 1.29 is 227 Å². The van der Waals surface area contributed by atoms with Crippen molar-refractivity contribution in [2.24, 2.45) is 22.9 Å². The number of carboxylic acids is 8. The molecular weight excluding hydrogens is 707 g/mol. The molecule has 244 valence electrons. The van der Waals surface area contributed by atoms with Gasteiger partial charge in [-0.2, -0.15) is 0 Å². The standard InChI is InChI=1S/2C2H8N2.8C2H4O2.Ca.5Na/c2*3-1-2-4;8*1-2(3)4;;;;;;/h2*1-4H2;8*1H3,(H,3,4);;;;;;/q;;;;;;;;;;+2;5*+1/p-7. The summed E-state index contributed by atoms with van der Waals surface area (Å²) in [6.45, 7) is 10.3. The third-order valence-corrected chi connectivity index (χ3v) is 0.333. The van der Waals surface area contributed by atoms with E-state index in [-0.39, 0.29) is 186 Å². The van der Waals surface area contributed by atoms with Crippen LogP contribution in [-0.4, -0.2) is 117 Å². The summed E-state index contributed by atoms with van der Waals surface area (Å²) in [5.74, 6) is -8.42. The summed E-state index contributed by atoms with van der Waals surface area (Å²) in [4.78, 5) is 71.2. The Morgan fingerprint density at radius 3 is 0.391 bits per heavy atom. The molecule has 0 amide bonds. The average Bonchev–Trinajstić information content (AvgIpc) is 2.64. The topological polar surface area (TPSA) is 422 Å². The van der Waals surface area contributed by atoms with E-state index >= 15 is 0 Å². The van der Waals surface area contributed by atoms with E-state index in [0.29, 0.717) is 26.2 Å². The van der Waals surface area contributed by atoms with E-state index in [0.717, 1.165) is 55.4 Å². The minimum absolute atomic E-state index is 0. The van der Waals surface area contributed by atoms with Crippen LogP contribution in [0.2, 0.25) is 0 Å². The van der Waals surface area contributed by atoms with Gasteiger partial charge in [0.1, 0.15) is 0 Å². The second kappa shape index (κ2) is 111. The van der Waals surface area contributed by atoms with Crippen molar-refractivity contribution in [1.29, 1.82) is 0 Å². The molecule has 0 bridgehead atoms. The summed E-state index contributed by atoms with van der Waals surface area (Å²) in [6.07, 6.45) is 0. The first kappa shape index (κ1) is 104. The van der Waals surface area contributed by atoms with Gasteiger partial charge in [-0.15, -0.1) is 0 Å². The maximum Gasteiger partial charge on any atom is 2.00 e. The number of carboxylic acid groups (broad SMARTS) is 8. The van der Waals surface area contributed by atoms with Crippen LogP contribution in [0.3, 0.4) is 0 Å². The zero-order chi connectivity index (χ0) is 35.4. The van der Waals surface area contributed by atoms with Crippen molar-refractivity contribution >= 4 is 85.5 Å². The monoisotopic (exact) mass is 748 g/mol. The van der Waals surface area contributed by atoms with Crippen LogP contribution in [0.5, 0.6) is 0 Å². The van der Waals surface area contributed by atoms with E-state index in [2.05, 4.69) is 0 Å². The molecular formula is C20H41CaN4Na5O16. The van der Waals surface area contributed by atoms with Gasteiger partial charge in [-0.05, 0) is 48.5 Å². The molecule has 0 aliphatic rings. The Bertz CT molecular complexity index is 461. The first-order chi connectivity index (χ1) is 17.7. The van der Waals surface area contributed by atoms with Crippen molar-refractivity contribution in [3.8, 4) is 0 Å². The average molecular weight is 749 g/mol. The van der Waals surface area contributed by atoms with Crippen LogP contribution >= 0.6 is 0 Å². The SMILES string of the molecule is CC(=O)O.CC(=O)[O-].CC(=O)[O-].CC(=O)[O-].CC(=O)[O-].CC(=O)[O-].CC(=O)[O-].CC(=O)[O-].NCCN.NCCN.[Ca+2].[Na+].[Na+].[Na+].[Na+].[Na+]. The van der Waals surface area contributed by atoms with Gasteiger partial charge in [0.2, 0.25) is 0 Å². The number of hydrogen-bond donors (Lipinski definition) is 5. The fourth-order valence-corrected chi connectivity index (χ4v) is 0. The molecule has 0 spiro atoms. The predicted octanol–water partition coefficient (Wildman–Crippen LogP) is -26.2. The number of hydrogen-bond acceptors (Lipinski definition) is 19. The van der Waals surface area contributed by atoms with E-state index in [9.17, 15) is 0 Å². The molecule has 0 radical (unpaired) electrons. The Balaban J connectivity index is -0.0000000153. The first-order valence-corrected chi connectivity index (χ1v) is 9.92. The molecule has 0 atom stereocenters. The van der Waals surface area contributed by atoms with Gasteiger partial charge >= 0.3 is 186 Å². The summed E-state index contributed by atoms with van der Waals surface area (Å²) in [5.41, 5.74) is 19.6. The van der Waals surface area contributed by atoms with Crippen molar-refractivity contribution in [2.45, 2.75) is 55.4 Å². The van der Waals surface area contributed by atoms with Crippen LogP contribution in [0.1, 0.15) is 55.4 Å². The van der Waals surface area contributed by atoms with Gasteiger partial charge in [-0.25, -0.2) is 0 Å².